The summed E-state index contributed by atoms with van der Waals surface area (Å²) < 4.78 is 0. The number of carbonyl (C=O) groups is 3. The maximum atomic E-state index is 11.7. The molecule has 84 valence electrons. The van der Waals surface area contributed by atoms with Gasteiger partial charge in [-0.15, -0.1) is 0 Å². The van der Waals surface area contributed by atoms with E-state index in [1.807, 2.05) is 0 Å². The van der Waals surface area contributed by atoms with Gasteiger partial charge >= 0.3 is 5.97 Å². The van der Waals surface area contributed by atoms with Crippen molar-refractivity contribution in [1.82, 2.24) is 0 Å². The van der Waals surface area contributed by atoms with Crippen LogP contribution in [0.4, 0.5) is 0 Å². The fourth-order valence-electron chi connectivity index (χ4n) is 1.31. The van der Waals surface area contributed by atoms with E-state index in [9.17, 15) is 19.5 Å². The second-order valence-corrected chi connectivity index (χ2v) is 3.26. The molecule has 1 aromatic rings. The van der Waals surface area contributed by atoms with Gasteiger partial charge in [-0.2, -0.15) is 0 Å². The first-order valence-electron chi connectivity index (χ1n) is 4.50. The first-order chi connectivity index (χ1) is 7.45. The summed E-state index contributed by atoms with van der Waals surface area (Å²) in [6.07, 6.45) is 0. The summed E-state index contributed by atoms with van der Waals surface area (Å²) in [5, 5.41) is 18.1. The van der Waals surface area contributed by atoms with Crippen molar-refractivity contribution in [2.75, 3.05) is 0 Å². The second kappa shape index (κ2) is 4.57. The van der Waals surface area contributed by atoms with Crippen molar-refractivity contribution in [3.8, 4) is 5.75 Å². The van der Waals surface area contributed by atoms with E-state index in [1.165, 1.54) is 24.3 Å². The number of carbonyl (C=O) groups excluding carboxylic acids is 2. The van der Waals surface area contributed by atoms with Crippen LogP contribution in [-0.4, -0.2) is 27.7 Å². The molecule has 16 heavy (non-hydrogen) atoms. The van der Waals surface area contributed by atoms with Gasteiger partial charge in [0.05, 0.1) is 5.56 Å². The normalized spacial score (nSPS) is 11.8. The van der Waals surface area contributed by atoms with Gasteiger partial charge in [-0.3, -0.25) is 14.4 Å². The lowest BCUT2D eigenvalue weighted by Crippen LogP contribution is -2.30. The Morgan fingerprint density at radius 1 is 1.19 bits per heavy atom. The molecule has 5 nitrogen and oxygen atoms in total. The van der Waals surface area contributed by atoms with Gasteiger partial charge in [0.2, 0.25) is 0 Å². The fraction of sp³-hybridized carbons (Fsp3) is 0.182. The minimum Gasteiger partial charge on any atom is -0.507 e. The van der Waals surface area contributed by atoms with Crippen LogP contribution in [-0.2, 0) is 9.59 Å². The third kappa shape index (κ3) is 2.25. The summed E-state index contributed by atoms with van der Waals surface area (Å²) in [5.74, 6) is -5.27. The molecule has 0 aliphatic heterocycles. The number of rotatable bonds is 4. The van der Waals surface area contributed by atoms with E-state index >= 15 is 0 Å². The topological polar surface area (TPSA) is 91.7 Å². The largest absolute Gasteiger partial charge is 0.507 e. The molecule has 2 N–H and O–H groups in total. The summed E-state index contributed by atoms with van der Waals surface area (Å²) in [6.45, 7) is 1.02. The highest BCUT2D eigenvalue weighted by Gasteiger charge is 2.32. The van der Waals surface area contributed by atoms with Crippen LogP contribution in [0.2, 0.25) is 0 Å². The first-order valence-corrected chi connectivity index (χ1v) is 4.50. The van der Waals surface area contributed by atoms with Gasteiger partial charge in [-0.1, -0.05) is 12.1 Å². The van der Waals surface area contributed by atoms with Crippen LogP contribution >= 0.6 is 0 Å². The number of para-hydroxylation sites is 1. The van der Waals surface area contributed by atoms with Gasteiger partial charge < -0.3 is 10.2 Å². The predicted octanol–water partition coefficient (Wildman–Crippen LogP) is 0.865. The molecule has 0 bridgehead atoms. The third-order valence-electron chi connectivity index (χ3n) is 2.09. The number of ketones is 2. The number of hydrogen-bond donors (Lipinski definition) is 2. The number of phenols is 1. The summed E-state index contributed by atoms with van der Waals surface area (Å²) in [7, 11) is 0. The van der Waals surface area contributed by atoms with Gasteiger partial charge in [0.15, 0.2) is 17.5 Å². The summed E-state index contributed by atoms with van der Waals surface area (Å²) in [5.41, 5.74) is -0.162. The van der Waals surface area contributed by atoms with Crippen molar-refractivity contribution in [3.05, 3.63) is 29.8 Å². The lowest BCUT2D eigenvalue weighted by Gasteiger charge is -2.08. The van der Waals surface area contributed by atoms with Crippen molar-refractivity contribution in [2.45, 2.75) is 6.92 Å². The quantitative estimate of drug-likeness (QED) is 0.582. The number of aromatic hydroxyl groups is 1. The summed E-state index contributed by atoms with van der Waals surface area (Å²) in [6, 6.07) is 5.50. The van der Waals surface area contributed by atoms with Gasteiger partial charge in [0.1, 0.15) is 5.75 Å². The van der Waals surface area contributed by atoms with E-state index in [0.717, 1.165) is 6.92 Å². The molecule has 0 radical (unpaired) electrons. The van der Waals surface area contributed by atoms with Gasteiger partial charge in [0, 0.05) is 0 Å². The molecule has 1 aromatic carbocycles. The number of aliphatic carboxylic acids is 1. The molecule has 0 fully saturated rings. The van der Waals surface area contributed by atoms with Crippen LogP contribution < -0.4 is 0 Å². The molecule has 0 saturated heterocycles. The number of benzene rings is 1. The number of carboxylic acid groups (broad SMARTS) is 1. The van der Waals surface area contributed by atoms with E-state index in [4.69, 9.17) is 5.11 Å². The smallest absolute Gasteiger partial charge is 0.322 e. The minimum atomic E-state index is -1.76. The minimum absolute atomic E-state index is 0.162. The van der Waals surface area contributed by atoms with E-state index in [0.29, 0.717) is 0 Å². The predicted molar refractivity (Wildman–Crippen MR) is 54.2 cm³/mol. The second-order valence-electron chi connectivity index (χ2n) is 3.26. The SMILES string of the molecule is CC(=O)[C@H](C(=O)O)C(=O)c1ccccc1O. The number of Topliss-reactive ketones (excluding diaryl/α,β-unsaturated/α-hetero) is 2. The third-order valence-corrected chi connectivity index (χ3v) is 2.09. The maximum absolute atomic E-state index is 11.7. The zero-order valence-corrected chi connectivity index (χ0v) is 8.51. The molecule has 0 spiro atoms. The van der Waals surface area contributed by atoms with Crippen molar-refractivity contribution in [2.24, 2.45) is 5.92 Å². The molecule has 0 heterocycles. The zero-order chi connectivity index (χ0) is 12.3. The van der Waals surface area contributed by atoms with Crippen LogP contribution in [0.1, 0.15) is 17.3 Å². The monoisotopic (exact) mass is 222 g/mol. The Balaban J connectivity index is 3.15. The molecule has 0 amide bonds. The van der Waals surface area contributed by atoms with Crippen molar-refractivity contribution >= 4 is 17.5 Å². The van der Waals surface area contributed by atoms with Crippen LogP contribution in [0, 0.1) is 5.92 Å². The highest BCUT2D eigenvalue weighted by Crippen LogP contribution is 2.20. The Bertz CT molecular complexity index is 435. The lowest BCUT2D eigenvalue weighted by atomic mass is 9.94. The first kappa shape index (κ1) is 11.9. The summed E-state index contributed by atoms with van der Waals surface area (Å²) >= 11 is 0. The van der Waals surface area contributed by atoms with E-state index in [-0.39, 0.29) is 11.3 Å². The number of phenolic OH excluding ortho intramolecular Hbond substituents is 1. The fourth-order valence-corrected chi connectivity index (χ4v) is 1.31. The van der Waals surface area contributed by atoms with E-state index in [2.05, 4.69) is 0 Å². The van der Waals surface area contributed by atoms with E-state index in [1.54, 1.807) is 0 Å². The zero-order valence-electron chi connectivity index (χ0n) is 8.51. The molecule has 0 aromatic heterocycles. The summed E-state index contributed by atoms with van der Waals surface area (Å²) in [4.78, 5) is 33.5. The van der Waals surface area contributed by atoms with Crippen molar-refractivity contribution < 1.29 is 24.6 Å². The molecule has 0 saturated carbocycles. The van der Waals surface area contributed by atoms with Crippen LogP contribution in [0.5, 0.6) is 5.75 Å². The number of carboxylic acids is 1. The average molecular weight is 222 g/mol. The lowest BCUT2D eigenvalue weighted by molar-refractivity contribution is -0.143. The molecule has 1 atom stereocenters. The standard InChI is InChI=1S/C11H10O5/c1-6(12)9(11(15)16)10(14)7-4-2-3-5-8(7)13/h2-5,9,13H,1H3,(H,15,16)/t9-/m0/s1. The Kier molecular flexibility index (Phi) is 3.40. The van der Waals surface area contributed by atoms with Crippen molar-refractivity contribution in [1.29, 1.82) is 0 Å². The Hall–Kier alpha value is -2.17. The van der Waals surface area contributed by atoms with E-state index < -0.39 is 23.5 Å². The van der Waals surface area contributed by atoms with Gasteiger partial charge in [-0.05, 0) is 19.1 Å². The van der Waals surface area contributed by atoms with Crippen LogP contribution in [0.15, 0.2) is 24.3 Å². The van der Waals surface area contributed by atoms with Crippen LogP contribution in [0.25, 0.3) is 0 Å². The Morgan fingerprint density at radius 2 is 1.75 bits per heavy atom. The average Bonchev–Trinajstić information content (AvgIpc) is 2.16. The maximum Gasteiger partial charge on any atom is 0.322 e. The van der Waals surface area contributed by atoms with Gasteiger partial charge in [-0.25, -0.2) is 0 Å². The molecule has 5 heteroatoms. The molecule has 0 aliphatic carbocycles. The molecular weight excluding hydrogens is 212 g/mol. The Morgan fingerprint density at radius 3 is 2.19 bits per heavy atom. The molecule has 0 aliphatic rings. The molecular formula is C11H10O5. The van der Waals surface area contributed by atoms with Gasteiger partial charge in [0.25, 0.3) is 0 Å². The Labute approximate surface area is 91.3 Å². The van der Waals surface area contributed by atoms with Crippen molar-refractivity contribution in [3.63, 3.8) is 0 Å². The highest BCUT2D eigenvalue weighted by molar-refractivity contribution is 6.22. The molecule has 1 rings (SSSR count). The molecule has 0 unspecified atom stereocenters. The highest BCUT2D eigenvalue weighted by atomic mass is 16.4. The van der Waals surface area contributed by atoms with Crippen LogP contribution in [0.3, 0.4) is 0 Å². The number of hydrogen-bond acceptors (Lipinski definition) is 4.